The van der Waals surface area contributed by atoms with Crippen LogP contribution in [0.25, 0.3) is 10.9 Å². The summed E-state index contributed by atoms with van der Waals surface area (Å²) in [5.74, 6) is -0.671. The van der Waals surface area contributed by atoms with Crippen LogP contribution in [0.15, 0.2) is 24.4 Å². The SMILES string of the molecule is COC(=O)CCCc1cn(C(=O)OC(C)(C)C)c2ccc(F)cc12. The number of rotatable bonds is 4. The first-order valence-corrected chi connectivity index (χ1v) is 7.81. The van der Waals surface area contributed by atoms with Crippen molar-refractivity contribution in [3.8, 4) is 0 Å². The second-order valence-electron chi connectivity index (χ2n) is 6.60. The van der Waals surface area contributed by atoms with Crippen molar-refractivity contribution >= 4 is 23.0 Å². The normalized spacial score (nSPS) is 11.5. The molecule has 1 aromatic carbocycles. The van der Waals surface area contributed by atoms with E-state index in [1.165, 1.54) is 23.8 Å². The maximum absolute atomic E-state index is 13.6. The fourth-order valence-electron chi connectivity index (χ4n) is 2.46. The number of methoxy groups -OCH3 is 1. The molecule has 1 aromatic heterocycles. The monoisotopic (exact) mass is 335 g/mol. The van der Waals surface area contributed by atoms with Gasteiger partial charge in [0.15, 0.2) is 0 Å². The van der Waals surface area contributed by atoms with Crippen molar-refractivity contribution in [2.24, 2.45) is 0 Å². The average Bonchev–Trinajstić information content (AvgIpc) is 2.83. The van der Waals surface area contributed by atoms with E-state index in [1.54, 1.807) is 33.0 Å². The first-order chi connectivity index (χ1) is 11.2. The van der Waals surface area contributed by atoms with Crippen molar-refractivity contribution in [2.75, 3.05) is 7.11 Å². The fourth-order valence-corrected chi connectivity index (χ4v) is 2.46. The Balaban J connectivity index is 2.32. The molecule has 0 radical (unpaired) electrons. The van der Waals surface area contributed by atoms with E-state index in [0.717, 1.165) is 5.56 Å². The van der Waals surface area contributed by atoms with Crippen LogP contribution in [0, 0.1) is 5.82 Å². The van der Waals surface area contributed by atoms with Crippen LogP contribution in [0.5, 0.6) is 0 Å². The highest BCUT2D eigenvalue weighted by atomic mass is 19.1. The van der Waals surface area contributed by atoms with Crippen LogP contribution in [-0.2, 0) is 20.7 Å². The first-order valence-electron chi connectivity index (χ1n) is 7.81. The van der Waals surface area contributed by atoms with Crippen molar-refractivity contribution < 1.29 is 23.5 Å². The van der Waals surface area contributed by atoms with Crippen LogP contribution in [0.4, 0.5) is 9.18 Å². The van der Waals surface area contributed by atoms with Gasteiger partial charge in [0.25, 0.3) is 0 Å². The molecule has 130 valence electrons. The number of ether oxygens (including phenoxy) is 2. The van der Waals surface area contributed by atoms with Gasteiger partial charge in [-0.15, -0.1) is 0 Å². The van der Waals surface area contributed by atoms with E-state index < -0.39 is 11.7 Å². The molecule has 0 aliphatic heterocycles. The lowest BCUT2D eigenvalue weighted by molar-refractivity contribution is -0.140. The summed E-state index contributed by atoms with van der Waals surface area (Å²) >= 11 is 0. The maximum Gasteiger partial charge on any atom is 0.419 e. The number of esters is 1. The lowest BCUT2D eigenvalue weighted by Gasteiger charge is -2.19. The predicted molar refractivity (Wildman–Crippen MR) is 88.5 cm³/mol. The second kappa shape index (κ2) is 7.03. The summed E-state index contributed by atoms with van der Waals surface area (Å²) in [4.78, 5) is 23.6. The highest BCUT2D eigenvalue weighted by Crippen LogP contribution is 2.25. The van der Waals surface area contributed by atoms with Crippen LogP contribution in [0.2, 0.25) is 0 Å². The number of fused-ring (bicyclic) bond motifs is 1. The molecule has 0 spiro atoms. The average molecular weight is 335 g/mol. The molecule has 0 atom stereocenters. The molecule has 0 saturated heterocycles. The molecule has 0 amide bonds. The van der Waals surface area contributed by atoms with Gasteiger partial charge in [0.2, 0.25) is 0 Å². The Bertz CT molecular complexity index is 758. The highest BCUT2D eigenvalue weighted by molar-refractivity contribution is 5.92. The minimum absolute atomic E-state index is 0.269. The fraction of sp³-hybridized carbons (Fsp3) is 0.444. The van der Waals surface area contributed by atoms with E-state index in [-0.39, 0.29) is 18.2 Å². The standard InChI is InChI=1S/C18H22FNO4/c1-18(2,3)24-17(22)20-11-12(6-5-7-16(21)23-4)14-10-13(19)8-9-15(14)20/h8-11H,5-7H2,1-4H3. The molecule has 2 rings (SSSR count). The smallest absolute Gasteiger partial charge is 0.419 e. The number of benzene rings is 1. The molecule has 2 aromatic rings. The van der Waals surface area contributed by atoms with Crippen LogP contribution in [0.3, 0.4) is 0 Å². The van der Waals surface area contributed by atoms with E-state index >= 15 is 0 Å². The van der Waals surface area contributed by atoms with Gasteiger partial charge >= 0.3 is 12.1 Å². The third-order valence-corrected chi connectivity index (χ3v) is 3.49. The molecule has 5 nitrogen and oxygen atoms in total. The molecule has 6 heteroatoms. The number of nitrogens with zero attached hydrogens (tertiary/aromatic N) is 1. The number of hydrogen-bond acceptors (Lipinski definition) is 4. The summed E-state index contributed by atoms with van der Waals surface area (Å²) in [6.07, 6.45) is 2.49. The number of carbonyl (C=O) groups excluding carboxylic acids is 2. The van der Waals surface area contributed by atoms with Gasteiger partial charge in [0.05, 0.1) is 12.6 Å². The summed E-state index contributed by atoms with van der Waals surface area (Å²) < 4.78 is 25.0. The third kappa shape index (κ3) is 4.34. The number of hydrogen-bond donors (Lipinski definition) is 0. The molecule has 1 heterocycles. The molecule has 24 heavy (non-hydrogen) atoms. The predicted octanol–water partition coefficient (Wildman–Crippen LogP) is 4.06. The zero-order chi connectivity index (χ0) is 17.9. The highest BCUT2D eigenvalue weighted by Gasteiger charge is 2.21. The van der Waals surface area contributed by atoms with Gasteiger partial charge in [-0.1, -0.05) is 0 Å². The summed E-state index contributed by atoms with van der Waals surface area (Å²) in [6, 6.07) is 4.25. The zero-order valence-corrected chi connectivity index (χ0v) is 14.4. The molecule has 0 saturated carbocycles. The molecule has 0 aliphatic rings. The Morgan fingerprint density at radius 3 is 2.58 bits per heavy atom. The van der Waals surface area contributed by atoms with Crippen LogP contribution < -0.4 is 0 Å². The number of halogens is 1. The summed E-state index contributed by atoms with van der Waals surface area (Å²) in [5.41, 5.74) is 0.747. The van der Waals surface area contributed by atoms with Crippen LogP contribution in [-0.4, -0.2) is 29.3 Å². The van der Waals surface area contributed by atoms with E-state index in [1.807, 2.05) is 0 Å². The minimum Gasteiger partial charge on any atom is -0.469 e. The Morgan fingerprint density at radius 1 is 1.25 bits per heavy atom. The Hall–Kier alpha value is -2.37. The number of aryl methyl sites for hydroxylation is 1. The summed E-state index contributed by atoms with van der Waals surface area (Å²) in [5, 5.41) is 0.644. The van der Waals surface area contributed by atoms with Gasteiger partial charge in [-0.3, -0.25) is 9.36 Å². The van der Waals surface area contributed by atoms with Crippen molar-refractivity contribution in [3.63, 3.8) is 0 Å². The Labute approximate surface area is 140 Å². The van der Waals surface area contributed by atoms with Gasteiger partial charge in [-0.25, -0.2) is 9.18 Å². The van der Waals surface area contributed by atoms with Crippen molar-refractivity contribution in [1.82, 2.24) is 4.57 Å². The van der Waals surface area contributed by atoms with Gasteiger partial charge in [-0.05, 0) is 57.4 Å². The summed E-state index contributed by atoms with van der Waals surface area (Å²) in [7, 11) is 1.34. The minimum atomic E-state index is -0.626. The largest absolute Gasteiger partial charge is 0.469 e. The first kappa shape index (κ1) is 18.0. The molecule has 0 aliphatic carbocycles. The van der Waals surface area contributed by atoms with Crippen LogP contribution >= 0.6 is 0 Å². The van der Waals surface area contributed by atoms with E-state index in [4.69, 9.17) is 4.74 Å². The Kier molecular flexibility index (Phi) is 5.26. The van der Waals surface area contributed by atoms with E-state index in [9.17, 15) is 14.0 Å². The van der Waals surface area contributed by atoms with E-state index in [0.29, 0.717) is 23.7 Å². The van der Waals surface area contributed by atoms with E-state index in [2.05, 4.69) is 4.74 Å². The molecular weight excluding hydrogens is 313 g/mol. The Morgan fingerprint density at radius 2 is 1.96 bits per heavy atom. The topological polar surface area (TPSA) is 57.5 Å². The zero-order valence-electron chi connectivity index (χ0n) is 14.4. The molecule has 0 N–H and O–H groups in total. The van der Waals surface area contributed by atoms with Gasteiger partial charge in [0.1, 0.15) is 11.4 Å². The van der Waals surface area contributed by atoms with Gasteiger partial charge < -0.3 is 9.47 Å². The van der Waals surface area contributed by atoms with Crippen molar-refractivity contribution in [1.29, 1.82) is 0 Å². The molecule has 0 fully saturated rings. The maximum atomic E-state index is 13.6. The molecular formula is C18H22FNO4. The number of aromatic nitrogens is 1. The van der Waals surface area contributed by atoms with Crippen molar-refractivity contribution in [3.05, 3.63) is 35.8 Å². The summed E-state index contributed by atoms with van der Waals surface area (Å²) in [6.45, 7) is 5.36. The van der Waals surface area contributed by atoms with Gasteiger partial charge in [-0.2, -0.15) is 0 Å². The second-order valence-corrected chi connectivity index (χ2v) is 6.60. The van der Waals surface area contributed by atoms with Crippen LogP contribution in [0.1, 0.15) is 39.2 Å². The molecule has 0 unspecified atom stereocenters. The lowest BCUT2D eigenvalue weighted by Crippen LogP contribution is -2.26. The lowest BCUT2D eigenvalue weighted by atomic mass is 10.1. The molecule has 0 bridgehead atoms. The van der Waals surface area contributed by atoms with Gasteiger partial charge in [0, 0.05) is 18.0 Å². The quantitative estimate of drug-likeness (QED) is 0.791. The number of carbonyl (C=O) groups is 2. The third-order valence-electron chi connectivity index (χ3n) is 3.49. The van der Waals surface area contributed by atoms with Crippen molar-refractivity contribution in [2.45, 2.75) is 45.6 Å².